The van der Waals surface area contributed by atoms with Crippen LogP contribution >= 0.6 is 0 Å². The van der Waals surface area contributed by atoms with Crippen LogP contribution in [0.2, 0.25) is 0 Å². The molecule has 1 saturated carbocycles. The molecular formula is C17H16N2O2. The van der Waals surface area contributed by atoms with E-state index in [0.717, 1.165) is 35.0 Å². The fourth-order valence-electron chi connectivity index (χ4n) is 3.75. The van der Waals surface area contributed by atoms with Gasteiger partial charge < -0.3 is 4.74 Å². The molecule has 2 fully saturated rings. The monoisotopic (exact) mass is 280 g/mol. The van der Waals surface area contributed by atoms with Crippen molar-refractivity contribution >= 4 is 17.0 Å². The number of nitrogens with zero attached hydrogens (tertiary/aromatic N) is 2. The van der Waals surface area contributed by atoms with E-state index in [2.05, 4.69) is 16.5 Å². The summed E-state index contributed by atoms with van der Waals surface area (Å²) >= 11 is 0. The van der Waals surface area contributed by atoms with Gasteiger partial charge >= 0.3 is 5.97 Å². The normalized spacial score (nSPS) is 27.9. The molecule has 1 aromatic carbocycles. The van der Waals surface area contributed by atoms with Crippen LogP contribution in [0.1, 0.15) is 18.4 Å². The number of hydrogen-bond acceptors (Lipinski definition) is 4. The lowest BCUT2D eigenvalue weighted by atomic mass is 9.75. The van der Waals surface area contributed by atoms with Gasteiger partial charge in [-0.3, -0.25) is 14.8 Å². The minimum absolute atomic E-state index is 0.0645. The third-order valence-electron chi connectivity index (χ3n) is 4.76. The Bertz CT molecular complexity index is 755. The van der Waals surface area contributed by atoms with E-state index >= 15 is 0 Å². The maximum atomic E-state index is 12.3. The molecule has 2 heterocycles. The van der Waals surface area contributed by atoms with Crippen LogP contribution < -0.4 is 0 Å². The second kappa shape index (κ2) is 4.38. The fraction of sp³-hybridized carbons (Fsp3) is 0.353. The molecule has 2 unspecified atom stereocenters. The Hall–Kier alpha value is -2.23. The Morgan fingerprint density at radius 1 is 1.29 bits per heavy atom. The molecule has 0 N–H and O–H groups in total. The van der Waals surface area contributed by atoms with Crippen LogP contribution in [0, 0.1) is 11.3 Å². The molecule has 0 bridgehead atoms. The molecule has 2 aliphatic rings. The molecule has 0 radical (unpaired) electrons. The second-order valence-corrected chi connectivity index (χ2v) is 6.14. The van der Waals surface area contributed by atoms with Crippen LogP contribution in [0.5, 0.6) is 0 Å². The molecule has 4 rings (SSSR count). The third kappa shape index (κ3) is 1.86. The zero-order valence-corrected chi connectivity index (χ0v) is 11.7. The summed E-state index contributed by atoms with van der Waals surface area (Å²) in [5, 5.41) is 0. The number of carbonyl (C=O) groups excluding carboxylic acids is 1. The number of hydrogen-bond donors (Lipinski definition) is 0. The molecule has 1 aromatic heterocycles. The van der Waals surface area contributed by atoms with Crippen molar-refractivity contribution in [1.82, 2.24) is 9.97 Å². The highest BCUT2D eigenvalue weighted by Gasteiger charge is 2.55. The zero-order valence-electron chi connectivity index (χ0n) is 11.7. The van der Waals surface area contributed by atoms with Crippen molar-refractivity contribution in [3.8, 4) is 0 Å². The van der Waals surface area contributed by atoms with Crippen LogP contribution in [0.3, 0.4) is 0 Å². The zero-order chi connectivity index (χ0) is 14.4. The number of esters is 1. The summed E-state index contributed by atoms with van der Waals surface area (Å²) < 4.78 is 5.32. The maximum Gasteiger partial charge on any atom is 0.313 e. The van der Waals surface area contributed by atoms with E-state index in [1.165, 1.54) is 0 Å². The Morgan fingerprint density at radius 3 is 2.95 bits per heavy atom. The molecular weight excluding hydrogens is 264 g/mol. The molecule has 21 heavy (non-hydrogen) atoms. The van der Waals surface area contributed by atoms with Gasteiger partial charge in [0, 0.05) is 18.3 Å². The lowest BCUT2D eigenvalue weighted by Crippen LogP contribution is -2.31. The topological polar surface area (TPSA) is 52.1 Å². The van der Waals surface area contributed by atoms with Gasteiger partial charge in [-0.05, 0) is 37.0 Å². The predicted octanol–water partition coefficient (Wildman–Crippen LogP) is 2.68. The largest absolute Gasteiger partial charge is 0.465 e. The molecule has 1 aliphatic carbocycles. The lowest BCUT2D eigenvalue weighted by Gasteiger charge is -2.24. The number of aromatic nitrogens is 2. The van der Waals surface area contributed by atoms with E-state index in [4.69, 9.17) is 4.74 Å². The van der Waals surface area contributed by atoms with Gasteiger partial charge in [-0.1, -0.05) is 18.2 Å². The van der Waals surface area contributed by atoms with E-state index < -0.39 is 5.41 Å². The van der Waals surface area contributed by atoms with Crippen LogP contribution in [0.25, 0.3) is 11.0 Å². The molecule has 0 spiro atoms. The number of fused-ring (bicyclic) bond motifs is 2. The van der Waals surface area contributed by atoms with Gasteiger partial charge in [0.05, 0.1) is 23.1 Å². The Labute approximate surface area is 122 Å². The third-order valence-corrected chi connectivity index (χ3v) is 4.76. The summed E-state index contributed by atoms with van der Waals surface area (Å²) in [5.74, 6) is 0.209. The second-order valence-electron chi connectivity index (χ2n) is 6.14. The van der Waals surface area contributed by atoms with Crippen molar-refractivity contribution in [2.75, 3.05) is 6.61 Å². The molecule has 1 saturated heterocycles. The van der Waals surface area contributed by atoms with Crippen LogP contribution in [-0.4, -0.2) is 22.5 Å². The summed E-state index contributed by atoms with van der Waals surface area (Å²) in [6, 6.07) is 6.03. The van der Waals surface area contributed by atoms with E-state index in [1.54, 1.807) is 12.4 Å². The highest BCUT2D eigenvalue weighted by atomic mass is 16.5. The van der Waals surface area contributed by atoms with Gasteiger partial charge in [-0.25, -0.2) is 0 Å². The smallest absolute Gasteiger partial charge is 0.313 e. The quantitative estimate of drug-likeness (QED) is 0.627. The molecule has 0 amide bonds. The van der Waals surface area contributed by atoms with Crippen molar-refractivity contribution in [2.45, 2.75) is 19.3 Å². The Balaban J connectivity index is 1.73. The van der Waals surface area contributed by atoms with Crippen LogP contribution in [0.15, 0.2) is 42.7 Å². The predicted molar refractivity (Wildman–Crippen MR) is 78.5 cm³/mol. The van der Waals surface area contributed by atoms with Gasteiger partial charge in [0.25, 0.3) is 0 Å². The molecule has 2 atom stereocenters. The first-order valence-electron chi connectivity index (χ1n) is 7.21. The maximum absolute atomic E-state index is 12.3. The van der Waals surface area contributed by atoms with Gasteiger partial charge in [-0.2, -0.15) is 0 Å². The minimum atomic E-state index is -0.410. The Kier molecular flexibility index (Phi) is 2.61. The van der Waals surface area contributed by atoms with Crippen molar-refractivity contribution in [1.29, 1.82) is 0 Å². The molecule has 4 nitrogen and oxygen atoms in total. The Morgan fingerprint density at radius 2 is 2.10 bits per heavy atom. The van der Waals surface area contributed by atoms with E-state index in [0.29, 0.717) is 13.0 Å². The minimum Gasteiger partial charge on any atom is -0.465 e. The van der Waals surface area contributed by atoms with Crippen molar-refractivity contribution in [3.05, 3.63) is 48.3 Å². The molecule has 2 aromatic rings. The molecule has 4 heteroatoms. The number of rotatable bonds is 2. The molecule has 1 aliphatic heterocycles. The van der Waals surface area contributed by atoms with Crippen molar-refractivity contribution in [3.63, 3.8) is 0 Å². The fourth-order valence-corrected chi connectivity index (χ4v) is 3.75. The first kappa shape index (κ1) is 12.5. The summed E-state index contributed by atoms with van der Waals surface area (Å²) in [7, 11) is 0. The SMILES string of the molecule is C=C1CC2COC(=O)C2(Cc2ccc3nccnc3c2)C1. The highest BCUT2D eigenvalue weighted by molar-refractivity contribution is 5.81. The van der Waals surface area contributed by atoms with Gasteiger partial charge in [0.1, 0.15) is 0 Å². The number of ether oxygens (including phenoxy) is 1. The van der Waals surface area contributed by atoms with Gasteiger partial charge in [0.2, 0.25) is 0 Å². The van der Waals surface area contributed by atoms with Crippen LogP contribution in [-0.2, 0) is 16.0 Å². The molecule has 106 valence electrons. The van der Waals surface area contributed by atoms with Crippen LogP contribution in [0.4, 0.5) is 0 Å². The first-order chi connectivity index (χ1) is 10.2. The number of benzene rings is 1. The first-order valence-corrected chi connectivity index (χ1v) is 7.21. The number of allylic oxidation sites excluding steroid dienone is 1. The summed E-state index contributed by atoms with van der Waals surface area (Å²) in [4.78, 5) is 20.9. The van der Waals surface area contributed by atoms with E-state index in [9.17, 15) is 4.79 Å². The summed E-state index contributed by atoms with van der Waals surface area (Å²) in [5.41, 5.74) is 3.61. The highest BCUT2D eigenvalue weighted by Crippen LogP contribution is 2.52. The van der Waals surface area contributed by atoms with Crippen molar-refractivity contribution < 1.29 is 9.53 Å². The van der Waals surface area contributed by atoms with Gasteiger partial charge in [0.15, 0.2) is 0 Å². The van der Waals surface area contributed by atoms with Crippen molar-refractivity contribution in [2.24, 2.45) is 11.3 Å². The average molecular weight is 280 g/mol. The average Bonchev–Trinajstić information content (AvgIpc) is 2.94. The standard InChI is InChI=1S/C17H16N2O2/c1-11-6-13-10-21-16(20)17(13,8-11)9-12-2-3-14-15(7-12)19-5-4-18-14/h2-5,7,13H,1,6,8-10H2. The summed E-state index contributed by atoms with van der Waals surface area (Å²) in [6.45, 7) is 4.61. The van der Waals surface area contributed by atoms with Gasteiger partial charge in [-0.15, -0.1) is 0 Å². The lowest BCUT2D eigenvalue weighted by molar-refractivity contribution is -0.146. The number of carbonyl (C=O) groups is 1. The number of cyclic esters (lactones) is 1. The van der Waals surface area contributed by atoms with E-state index in [-0.39, 0.29) is 11.9 Å². The van der Waals surface area contributed by atoms with E-state index in [1.807, 2.05) is 18.2 Å². The summed E-state index contributed by atoms with van der Waals surface area (Å²) in [6.07, 6.45) is 5.72.